The molecule has 10 nitrogen and oxygen atoms in total. The van der Waals surface area contributed by atoms with E-state index in [4.69, 9.17) is 0 Å². The second-order valence-corrected chi connectivity index (χ2v) is 7.85. The van der Waals surface area contributed by atoms with Crippen LogP contribution in [0.25, 0.3) is 0 Å². The largest absolute Gasteiger partial charge is 0.299 e. The Morgan fingerprint density at radius 1 is 0.500 bits per heavy atom. The number of carbonyl (C=O) groups excluding carboxylic acids is 4. The van der Waals surface area contributed by atoms with E-state index in [0.717, 1.165) is 0 Å². The minimum absolute atomic E-state index is 0.170. The molecule has 4 amide bonds. The zero-order valence-electron chi connectivity index (χ0n) is 17.2. The van der Waals surface area contributed by atoms with Crippen molar-refractivity contribution in [2.75, 3.05) is 13.1 Å². The van der Waals surface area contributed by atoms with Crippen molar-refractivity contribution in [1.82, 2.24) is 29.4 Å². The van der Waals surface area contributed by atoms with Gasteiger partial charge in [-0.05, 0) is 13.1 Å². The Kier molecular flexibility index (Phi) is 4.20. The summed E-state index contributed by atoms with van der Waals surface area (Å²) in [6.07, 6.45) is -2.79. The SMILES string of the molecule is CCN1C2C3N(CC)C4C1N(C(C)=O)C(C(N2C(C)=O)N3C(C)=O)N4C(C)=O. The Morgan fingerprint density at radius 3 is 0.857 bits per heavy atom. The van der Waals surface area contributed by atoms with Crippen molar-refractivity contribution >= 4 is 23.6 Å². The Hall–Kier alpha value is -2.20. The van der Waals surface area contributed by atoms with Crippen molar-refractivity contribution in [3.63, 3.8) is 0 Å². The Morgan fingerprint density at radius 2 is 0.714 bits per heavy atom. The first-order chi connectivity index (χ1) is 13.2. The number of piperazine rings is 1. The third-order valence-corrected chi connectivity index (χ3v) is 6.62. The molecule has 5 rings (SSSR count). The third kappa shape index (κ3) is 2.04. The summed E-state index contributed by atoms with van der Waals surface area (Å²) in [6, 6.07) is 0. The van der Waals surface area contributed by atoms with Gasteiger partial charge in [-0.3, -0.25) is 48.6 Å². The summed E-state index contributed by atoms with van der Waals surface area (Å²) in [5, 5.41) is 0. The van der Waals surface area contributed by atoms with Crippen molar-refractivity contribution in [3.05, 3.63) is 0 Å². The molecule has 0 spiro atoms. The van der Waals surface area contributed by atoms with Crippen LogP contribution in [0.5, 0.6) is 0 Å². The highest BCUT2D eigenvalue weighted by molar-refractivity contribution is 5.83. The summed E-state index contributed by atoms with van der Waals surface area (Å²) >= 11 is 0. The zero-order chi connectivity index (χ0) is 20.7. The van der Waals surface area contributed by atoms with Crippen molar-refractivity contribution in [1.29, 1.82) is 0 Å². The van der Waals surface area contributed by atoms with E-state index in [1.807, 2.05) is 13.8 Å². The molecule has 28 heavy (non-hydrogen) atoms. The summed E-state index contributed by atoms with van der Waals surface area (Å²) in [4.78, 5) is 62.1. The fraction of sp³-hybridized carbons (Fsp3) is 0.778. The molecule has 0 aromatic carbocycles. The maximum atomic E-state index is 12.8. The standard InChI is InChI=1S/C18H28N6O4/c1-7-19-13-15-20(8-2)16-14(19)22(10(4)26)18(24(16)12(6)28)17(21(13)9(3)25)23(15)11(5)27/h13-18H,7-8H2,1-6H3. The molecule has 0 aliphatic carbocycles. The molecule has 0 radical (unpaired) electrons. The van der Waals surface area contributed by atoms with Gasteiger partial charge in [0.25, 0.3) is 0 Å². The molecule has 6 bridgehead atoms. The van der Waals surface area contributed by atoms with Crippen LogP contribution in [-0.2, 0) is 19.2 Å². The van der Waals surface area contributed by atoms with E-state index >= 15 is 0 Å². The fourth-order valence-corrected chi connectivity index (χ4v) is 5.92. The lowest BCUT2D eigenvalue weighted by molar-refractivity contribution is -0.173. The predicted octanol–water partition coefficient (Wildman–Crippen LogP) is -0.965. The van der Waals surface area contributed by atoms with Crippen molar-refractivity contribution in [3.8, 4) is 0 Å². The summed E-state index contributed by atoms with van der Waals surface area (Å²) in [6.45, 7) is 11.1. The van der Waals surface area contributed by atoms with Gasteiger partial charge in [-0.25, -0.2) is 0 Å². The molecule has 0 N–H and O–H groups in total. The molecule has 154 valence electrons. The number of hydrogen-bond donors (Lipinski definition) is 0. The quantitative estimate of drug-likeness (QED) is 0.601. The maximum Gasteiger partial charge on any atom is 0.222 e. The van der Waals surface area contributed by atoms with Crippen LogP contribution in [-0.4, -0.2) is 103 Å². The van der Waals surface area contributed by atoms with Gasteiger partial charge in [0.2, 0.25) is 23.6 Å². The second-order valence-electron chi connectivity index (χ2n) is 7.85. The monoisotopic (exact) mass is 392 g/mol. The third-order valence-electron chi connectivity index (χ3n) is 6.62. The lowest BCUT2D eigenvalue weighted by atomic mass is 10.1. The topological polar surface area (TPSA) is 87.7 Å². The van der Waals surface area contributed by atoms with E-state index in [9.17, 15) is 19.2 Å². The number of rotatable bonds is 2. The average molecular weight is 392 g/mol. The number of carbonyl (C=O) groups is 4. The molecule has 0 saturated carbocycles. The van der Waals surface area contributed by atoms with Gasteiger partial charge in [0.05, 0.1) is 0 Å². The van der Waals surface area contributed by atoms with Gasteiger partial charge in [-0.2, -0.15) is 0 Å². The molecular weight excluding hydrogens is 364 g/mol. The van der Waals surface area contributed by atoms with E-state index in [1.54, 1.807) is 19.6 Å². The predicted molar refractivity (Wildman–Crippen MR) is 97.6 cm³/mol. The molecule has 5 fully saturated rings. The number of likely N-dealkylation sites (N-methyl/N-ethyl adjacent to an activating group) is 2. The normalized spacial score (nSPS) is 36.5. The minimum atomic E-state index is -0.696. The van der Waals surface area contributed by atoms with Crippen LogP contribution in [0.2, 0.25) is 0 Å². The molecule has 0 aromatic rings. The lowest BCUT2D eigenvalue weighted by Gasteiger charge is -2.54. The maximum absolute atomic E-state index is 12.8. The molecule has 5 saturated heterocycles. The van der Waals surface area contributed by atoms with Gasteiger partial charge < -0.3 is 0 Å². The molecule has 5 aliphatic rings. The Labute approximate surface area is 164 Å². The highest BCUT2D eigenvalue weighted by Crippen LogP contribution is 2.51. The van der Waals surface area contributed by atoms with Crippen LogP contribution in [0.1, 0.15) is 41.5 Å². The molecular formula is C18H28N6O4. The zero-order valence-corrected chi connectivity index (χ0v) is 17.2. The van der Waals surface area contributed by atoms with Crippen LogP contribution < -0.4 is 0 Å². The fourth-order valence-electron chi connectivity index (χ4n) is 5.92. The molecule has 10 heteroatoms. The highest BCUT2D eigenvalue weighted by atomic mass is 16.2. The van der Waals surface area contributed by atoms with Gasteiger partial charge >= 0.3 is 0 Å². The van der Waals surface area contributed by atoms with Gasteiger partial charge in [-0.15, -0.1) is 0 Å². The summed E-state index contributed by atoms with van der Waals surface area (Å²) in [5.41, 5.74) is 0. The Balaban J connectivity index is 2.05. The number of hydrogen-bond acceptors (Lipinski definition) is 6. The minimum Gasteiger partial charge on any atom is -0.299 e. The number of amides is 4. The highest BCUT2D eigenvalue weighted by Gasteiger charge is 2.73. The van der Waals surface area contributed by atoms with Gasteiger partial charge in [-0.1, -0.05) is 13.8 Å². The first kappa shape index (κ1) is 19.1. The second kappa shape index (κ2) is 6.15. The van der Waals surface area contributed by atoms with Crippen LogP contribution in [0, 0.1) is 0 Å². The molecule has 5 aliphatic heterocycles. The first-order valence-electron chi connectivity index (χ1n) is 9.86. The van der Waals surface area contributed by atoms with Crippen molar-refractivity contribution in [2.45, 2.75) is 78.5 Å². The smallest absolute Gasteiger partial charge is 0.222 e. The summed E-state index contributed by atoms with van der Waals surface area (Å²) in [5.74, 6) is -0.681. The molecule has 5 heterocycles. The lowest BCUT2D eigenvalue weighted by Crippen LogP contribution is -2.74. The van der Waals surface area contributed by atoms with Crippen molar-refractivity contribution < 1.29 is 19.2 Å². The van der Waals surface area contributed by atoms with Crippen LogP contribution >= 0.6 is 0 Å². The van der Waals surface area contributed by atoms with Crippen LogP contribution in [0.3, 0.4) is 0 Å². The summed E-state index contributed by atoms with van der Waals surface area (Å²) in [7, 11) is 0. The van der Waals surface area contributed by atoms with Crippen LogP contribution in [0.15, 0.2) is 0 Å². The van der Waals surface area contributed by atoms with E-state index in [2.05, 4.69) is 9.80 Å². The van der Waals surface area contributed by atoms with E-state index in [1.165, 1.54) is 27.7 Å². The Bertz CT molecular complexity index is 640. The average Bonchev–Trinajstić information content (AvgIpc) is 3.05. The van der Waals surface area contributed by atoms with E-state index in [0.29, 0.717) is 13.1 Å². The number of nitrogens with zero attached hydrogens (tertiary/aromatic N) is 6. The van der Waals surface area contributed by atoms with E-state index in [-0.39, 0.29) is 48.3 Å². The molecule has 0 aromatic heterocycles. The summed E-state index contributed by atoms with van der Waals surface area (Å²) < 4.78 is 0. The van der Waals surface area contributed by atoms with Crippen molar-refractivity contribution in [2.24, 2.45) is 0 Å². The van der Waals surface area contributed by atoms with E-state index < -0.39 is 12.3 Å². The molecule has 4 atom stereocenters. The molecule has 4 unspecified atom stereocenters. The first-order valence-corrected chi connectivity index (χ1v) is 9.86. The van der Waals surface area contributed by atoms with Crippen LogP contribution in [0.4, 0.5) is 0 Å². The van der Waals surface area contributed by atoms with Gasteiger partial charge in [0.15, 0.2) is 0 Å². The van der Waals surface area contributed by atoms with Gasteiger partial charge in [0, 0.05) is 27.7 Å². The van der Waals surface area contributed by atoms with Gasteiger partial charge in [0.1, 0.15) is 37.0 Å².